The maximum Gasteiger partial charge on any atom is 0.273 e. The highest BCUT2D eigenvalue weighted by atomic mass is 32.1. The monoisotopic (exact) mass is 378 g/mol. The Bertz CT molecular complexity index is 794. The van der Waals surface area contributed by atoms with Crippen molar-refractivity contribution in [3.63, 3.8) is 0 Å². The minimum atomic E-state index is -0.227. The van der Waals surface area contributed by atoms with Crippen LogP contribution in [0.5, 0.6) is 0 Å². The second kappa shape index (κ2) is 6.96. The number of hydrogen-bond acceptors (Lipinski definition) is 9. The Morgan fingerprint density at radius 3 is 2.92 bits per heavy atom. The van der Waals surface area contributed by atoms with Gasteiger partial charge in [-0.1, -0.05) is 5.10 Å². The van der Waals surface area contributed by atoms with Crippen LogP contribution < -0.4 is 5.73 Å². The number of anilines is 1. The number of rotatable bonds is 3. The van der Waals surface area contributed by atoms with E-state index < -0.39 is 0 Å². The van der Waals surface area contributed by atoms with E-state index in [0.717, 1.165) is 0 Å². The quantitative estimate of drug-likeness (QED) is 0.698. The summed E-state index contributed by atoms with van der Waals surface area (Å²) in [5, 5.41) is 12.5. The molecule has 2 aromatic rings. The van der Waals surface area contributed by atoms with E-state index in [1.54, 1.807) is 20.7 Å². The largest absolute Gasteiger partial charge is 0.379 e. The molecule has 0 saturated carbocycles. The first-order chi connectivity index (χ1) is 12.6. The van der Waals surface area contributed by atoms with Crippen molar-refractivity contribution >= 4 is 29.1 Å². The van der Waals surface area contributed by atoms with E-state index in [2.05, 4.69) is 20.5 Å². The predicted molar refractivity (Wildman–Crippen MR) is 90.1 cm³/mol. The smallest absolute Gasteiger partial charge is 0.273 e. The van der Waals surface area contributed by atoms with Crippen molar-refractivity contribution in [3.05, 3.63) is 16.6 Å². The molecule has 2 amide bonds. The van der Waals surface area contributed by atoms with Crippen molar-refractivity contribution in [2.24, 2.45) is 5.92 Å². The molecule has 2 aliphatic heterocycles. The number of nitrogens with zero attached hydrogens (tertiary/aromatic N) is 7. The van der Waals surface area contributed by atoms with E-state index in [4.69, 9.17) is 10.5 Å². The minimum absolute atomic E-state index is 0.0396. The van der Waals surface area contributed by atoms with Gasteiger partial charge in [0.1, 0.15) is 12.2 Å². The van der Waals surface area contributed by atoms with Crippen LogP contribution >= 0.6 is 11.3 Å². The Morgan fingerprint density at radius 2 is 2.19 bits per heavy atom. The highest BCUT2D eigenvalue weighted by Gasteiger charge is 2.38. The second-order valence-electron chi connectivity index (χ2n) is 6.38. The number of amides is 2. The number of nitrogen functional groups attached to an aromatic ring is 1. The molecule has 0 unspecified atom stereocenters. The lowest BCUT2D eigenvalue weighted by molar-refractivity contribution is -0.134. The fourth-order valence-corrected chi connectivity index (χ4v) is 3.86. The summed E-state index contributed by atoms with van der Waals surface area (Å²) >= 11 is 1.39. The van der Waals surface area contributed by atoms with Crippen LogP contribution in [0.1, 0.15) is 10.5 Å². The lowest BCUT2D eigenvalue weighted by Crippen LogP contribution is -2.48. The number of carbonyl (C=O) groups excluding carboxylic acids is 2. The summed E-state index contributed by atoms with van der Waals surface area (Å²) in [6.07, 6.45) is 0. The van der Waals surface area contributed by atoms with E-state index in [-0.39, 0.29) is 36.3 Å². The van der Waals surface area contributed by atoms with Crippen LogP contribution in [0.4, 0.5) is 5.95 Å². The average Bonchev–Trinajstić information content (AvgIpc) is 3.18. The van der Waals surface area contributed by atoms with E-state index in [0.29, 0.717) is 38.5 Å². The molecular formula is C14H18N8O3S. The van der Waals surface area contributed by atoms with Gasteiger partial charge in [-0.25, -0.2) is 9.67 Å². The maximum absolute atomic E-state index is 12.8. The van der Waals surface area contributed by atoms with Gasteiger partial charge in [0.2, 0.25) is 11.9 Å². The Morgan fingerprint density at radius 1 is 1.31 bits per heavy atom. The molecular weight excluding hydrogens is 360 g/mol. The second-order valence-corrected chi connectivity index (χ2v) is 7.10. The molecule has 2 aliphatic rings. The summed E-state index contributed by atoms with van der Waals surface area (Å²) in [5.41, 5.74) is 7.72. The van der Waals surface area contributed by atoms with Gasteiger partial charge in [0.15, 0.2) is 0 Å². The van der Waals surface area contributed by atoms with Crippen LogP contribution in [-0.4, -0.2) is 85.7 Å². The van der Waals surface area contributed by atoms with Crippen molar-refractivity contribution < 1.29 is 14.3 Å². The number of nitrogens with two attached hydrogens (primary N) is 1. The first kappa shape index (κ1) is 16.8. The third-order valence-corrected chi connectivity index (χ3v) is 5.16. The fraction of sp³-hybridized carbons (Fsp3) is 0.571. The van der Waals surface area contributed by atoms with Gasteiger partial charge in [0.25, 0.3) is 5.91 Å². The lowest BCUT2D eigenvalue weighted by Gasteiger charge is -2.31. The van der Waals surface area contributed by atoms with E-state index >= 15 is 0 Å². The summed E-state index contributed by atoms with van der Waals surface area (Å²) < 4.78 is 6.96. The number of thiazole rings is 1. The number of fused-ring (bicyclic) bond motifs is 3. The summed E-state index contributed by atoms with van der Waals surface area (Å²) in [6, 6.07) is -0.227. The number of ether oxygens (including phenoxy) is 1. The topological polar surface area (TPSA) is 132 Å². The molecule has 12 heteroatoms. The first-order valence-electron chi connectivity index (χ1n) is 8.18. The molecule has 0 aliphatic carbocycles. The molecule has 0 aromatic carbocycles. The molecule has 2 fully saturated rings. The van der Waals surface area contributed by atoms with Gasteiger partial charge in [-0.15, -0.1) is 11.3 Å². The number of tetrazole rings is 1. The van der Waals surface area contributed by atoms with Crippen LogP contribution in [0.3, 0.4) is 0 Å². The molecule has 0 spiro atoms. The Kier molecular flexibility index (Phi) is 4.51. The van der Waals surface area contributed by atoms with Crippen LogP contribution in [-0.2, 0) is 16.1 Å². The van der Waals surface area contributed by atoms with E-state index in [1.165, 1.54) is 16.0 Å². The average molecular weight is 378 g/mol. The molecule has 2 N–H and O–H groups in total. The van der Waals surface area contributed by atoms with Crippen molar-refractivity contribution in [2.45, 2.75) is 12.6 Å². The molecule has 2 atom stereocenters. The summed E-state index contributed by atoms with van der Waals surface area (Å²) in [4.78, 5) is 33.1. The Hall–Kier alpha value is -2.60. The summed E-state index contributed by atoms with van der Waals surface area (Å²) in [5.74, 6) is -0.123. The van der Waals surface area contributed by atoms with Crippen molar-refractivity contribution in [3.8, 4) is 0 Å². The van der Waals surface area contributed by atoms with Gasteiger partial charge in [-0.05, 0) is 10.4 Å². The standard InChI is InChI=1S/C14H18N8O3S/c15-14-17-18-19-22(14)4-12(23)21-2-9-1-20(3-10(21)6-25-5-9)13(24)11-7-26-8-16-11/h7-10H,1-6H2,(H2,15,17,19)/t9-,10-/m0/s1. The number of aromatic nitrogens is 5. The van der Waals surface area contributed by atoms with Crippen LogP contribution in [0.15, 0.2) is 10.9 Å². The molecule has 2 saturated heterocycles. The zero-order chi connectivity index (χ0) is 18.1. The Balaban J connectivity index is 1.52. The van der Waals surface area contributed by atoms with E-state index in [1.807, 2.05) is 0 Å². The SMILES string of the molecule is Nc1nnnn1CC(=O)N1C[C@H]2COC[C@@H]1CN(C(=O)c1cscn1)C2. The predicted octanol–water partition coefficient (Wildman–Crippen LogP) is -1.29. The van der Waals surface area contributed by atoms with Crippen molar-refractivity contribution in [2.75, 3.05) is 38.6 Å². The number of carbonyl (C=O) groups is 2. The molecule has 2 aromatic heterocycles. The highest BCUT2D eigenvalue weighted by molar-refractivity contribution is 7.07. The molecule has 4 rings (SSSR count). The lowest BCUT2D eigenvalue weighted by atomic mass is 10.1. The summed E-state index contributed by atoms with van der Waals surface area (Å²) in [7, 11) is 0. The molecule has 11 nitrogen and oxygen atoms in total. The van der Waals surface area contributed by atoms with Crippen LogP contribution in [0.25, 0.3) is 0 Å². The van der Waals surface area contributed by atoms with Gasteiger partial charge in [-0.2, -0.15) is 0 Å². The third-order valence-electron chi connectivity index (χ3n) is 4.57. The normalized spacial score (nSPS) is 22.9. The minimum Gasteiger partial charge on any atom is -0.379 e. The summed E-state index contributed by atoms with van der Waals surface area (Å²) in [6.45, 7) is 2.31. The molecule has 2 bridgehead atoms. The Labute approximate surface area is 152 Å². The van der Waals surface area contributed by atoms with Gasteiger partial charge < -0.3 is 20.3 Å². The molecule has 4 heterocycles. The highest BCUT2D eigenvalue weighted by Crippen LogP contribution is 2.22. The zero-order valence-electron chi connectivity index (χ0n) is 13.9. The third kappa shape index (κ3) is 3.24. The fourth-order valence-electron chi connectivity index (χ4n) is 3.34. The van der Waals surface area contributed by atoms with Crippen molar-refractivity contribution in [1.82, 2.24) is 35.0 Å². The molecule has 0 radical (unpaired) electrons. The number of hydrogen-bond donors (Lipinski definition) is 1. The van der Waals surface area contributed by atoms with E-state index in [9.17, 15) is 9.59 Å². The van der Waals surface area contributed by atoms with Crippen LogP contribution in [0, 0.1) is 5.92 Å². The van der Waals surface area contributed by atoms with Gasteiger partial charge in [0.05, 0.1) is 24.8 Å². The molecule has 26 heavy (non-hydrogen) atoms. The van der Waals surface area contributed by atoms with Gasteiger partial charge in [0, 0.05) is 30.9 Å². The van der Waals surface area contributed by atoms with Gasteiger partial charge >= 0.3 is 0 Å². The van der Waals surface area contributed by atoms with Crippen LogP contribution in [0.2, 0.25) is 0 Å². The first-order valence-corrected chi connectivity index (χ1v) is 9.12. The van der Waals surface area contributed by atoms with Gasteiger partial charge in [-0.3, -0.25) is 9.59 Å². The van der Waals surface area contributed by atoms with Crippen molar-refractivity contribution in [1.29, 1.82) is 0 Å². The zero-order valence-corrected chi connectivity index (χ0v) is 14.7. The maximum atomic E-state index is 12.8. The molecule has 138 valence electrons.